The van der Waals surface area contributed by atoms with Crippen LogP contribution in [0.1, 0.15) is 24.0 Å². The van der Waals surface area contributed by atoms with Crippen molar-refractivity contribution < 1.29 is 4.74 Å². The smallest absolute Gasteiger partial charge is 0.179 e. The van der Waals surface area contributed by atoms with Crippen LogP contribution in [-0.4, -0.2) is 25.1 Å². The van der Waals surface area contributed by atoms with Crippen LogP contribution in [0.15, 0.2) is 52.3 Å². The Bertz CT molecular complexity index is 788. The lowest BCUT2D eigenvalue weighted by Crippen LogP contribution is -2.43. The van der Waals surface area contributed by atoms with Crippen LogP contribution in [0, 0.1) is 11.5 Å². The minimum absolute atomic E-state index is 0.000926. The van der Waals surface area contributed by atoms with Crippen molar-refractivity contribution in [1.82, 2.24) is 4.90 Å². The normalized spacial score (nSPS) is 18.0. The maximum absolute atomic E-state index is 9.20. The number of hydrogen-bond donors (Lipinski definition) is 0. The van der Waals surface area contributed by atoms with Crippen molar-refractivity contribution in [3.05, 3.63) is 53.6 Å². The average molecular weight is 322 g/mol. The summed E-state index contributed by atoms with van der Waals surface area (Å²) in [4.78, 5) is 4.42. The van der Waals surface area contributed by atoms with E-state index in [0.29, 0.717) is 0 Å². The van der Waals surface area contributed by atoms with Crippen LogP contribution < -0.4 is 4.74 Å². The number of piperidine rings is 1. The minimum atomic E-state index is -0.000926. The summed E-state index contributed by atoms with van der Waals surface area (Å²) in [7, 11) is 1.74. The fourth-order valence-electron chi connectivity index (χ4n) is 3.89. The minimum Gasteiger partial charge on any atom is -0.496 e. The van der Waals surface area contributed by atoms with Crippen molar-refractivity contribution in [3.8, 4) is 11.9 Å². The molecule has 0 radical (unpaired) electrons. The van der Waals surface area contributed by atoms with Gasteiger partial charge < -0.3 is 9.64 Å². The highest BCUT2D eigenvalue weighted by molar-refractivity contribution is 7.99. The Morgan fingerprint density at radius 3 is 2.57 bits per heavy atom. The molecule has 2 aliphatic rings. The summed E-state index contributed by atoms with van der Waals surface area (Å²) in [5.41, 5.74) is 2.76. The van der Waals surface area contributed by atoms with E-state index in [1.165, 1.54) is 20.9 Å². The lowest BCUT2D eigenvalue weighted by molar-refractivity contribution is 0.238. The van der Waals surface area contributed by atoms with Crippen molar-refractivity contribution in [1.29, 1.82) is 5.26 Å². The second-order valence-corrected chi connectivity index (χ2v) is 7.16. The number of fused-ring (bicyclic) bond motifs is 4. The van der Waals surface area contributed by atoms with Crippen LogP contribution in [-0.2, 0) is 5.41 Å². The molecule has 2 heterocycles. The van der Waals surface area contributed by atoms with Gasteiger partial charge in [0, 0.05) is 23.4 Å². The number of likely N-dealkylation sites (tertiary alicyclic amines) is 1. The molecule has 0 saturated carbocycles. The predicted molar refractivity (Wildman–Crippen MR) is 90.8 cm³/mol. The van der Waals surface area contributed by atoms with Crippen molar-refractivity contribution in [2.75, 3.05) is 20.2 Å². The van der Waals surface area contributed by atoms with Gasteiger partial charge in [-0.05, 0) is 36.1 Å². The van der Waals surface area contributed by atoms with Gasteiger partial charge >= 0.3 is 0 Å². The molecule has 2 aromatic carbocycles. The zero-order valence-corrected chi connectivity index (χ0v) is 13.9. The highest BCUT2D eigenvalue weighted by atomic mass is 32.2. The van der Waals surface area contributed by atoms with Gasteiger partial charge in [-0.3, -0.25) is 0 Å². The number of nitrogens with zero attached hydrogens (tertiary/aromatic N) is 2. The second-order valence-electron chi connectivity index (χ2n) is 6.10. The maximum Gasteiger partial charge on any atom is 0.179 e. The monoisotopic (exact) mass is 322 g/mol. The average Bonchev–Trinajstić information content (AvgIpc) is 2.62. The quantitative estimate of drug-likeness (QED) is 0.743. The summed E-state index contributed by atoms with van der Waals surface area (Å²) in [6.07, 6.45) is 4.24. The van der Waals surface area contributed by atoms with Gasteiger partial charge in [-0.1, -0.05) is 42.1 Å². The van der Waals surface area contributed by atoms with E-state index in [0.717, 1.165) is 31.7 Å². The van der Waals surface area contributed by atoms with Gasteiger partial charge in [-0.25, -0.2) is 0 Å². The number of methoxy groups -OCH3 is 1. The molecule has 0 amide bonds. The molecule has 116 valence electrons. The standard InChI is InChI=1S/C19H18N2OS/c1-22-16-7-4-6-15-18(16)23-17-8-3-2-5-14(17)19(15)9-11-21(13-20)12-10-19/h2-8H,9-12H2,1H3. The Labute approximate surface area is 140 Å². The summed E-state index contributed by atoms with van der Waals surface area (Å²) in [6.45, 7) is 1.62. The van der Waals surface area contributed by atoms with E-state index in [-0.39, 0.29) is 5.41 Å². The zero-order valence-electron chi connectivity index (χ0n) is 13.1. The topological polar surface area (TPSA) is 36.3 Å². The molecule has 4 heteroatoms. The van der Waals surface area contributed by atoms with Gasteiger partial charge in [0.2, 0.25) is 0 Å². The van der Waals surface area contributed by atoms with E-state index < -0.39 is 0 Å². The maximum atomic E-state index is 9.20. The van der Waals surface area contributed by atoms with Crippen LogP contribution >= 0.6 is 11.8 Å². The fraction of sp³-hybridized carbons (Fsp3) is 0.316. The lowest BCUT2D eigenvalue weighted by atomic mass is 9.67. The third-order valence-corrected chi connectivity index (χ3v) is 6.29. The van der Waals surface area contributed by atoms with Crippen molar-refractivity contribution in [2.45, 2.75) is 28.0 Å². The molecular formula is C19H18N2OS. The van der Waals surface area contributed by atoms with Gasteiger partial charge in [0.25, 0.3) is 0 Å². The van der Waals surface area contributed by atoms with E-state index in [1.807, 2.05) is 11.0 Å². The van der Waals surface area contributed by atoms with Gasteiger partial charge in [-0.15, -0.1) is 0 Å². The van der Waals surface area contributed by atoms with E-state index in [1.54, 1.807) is 18.9 Å². The molecule has 2 aromatic rings. The molecule has 2 aliphatic heterocycles. The highest BCUT2D eigenvalue weighted by Crippen LogP contribution is 2.55. The first-order valence-corrected chi connectivity index (χ1v) is 8.70. The van der Waals surface area contributed by atoms with Gasteiger partial charge in [-0.2, -0.15) is 5.26 Å². The van der Waals surface area contributed by atoms with Crippen LogP contribution in [0.4, 0.5) is 0 Å². The molecule has 0 N–H and O–H groups in total. The first-order valence-electron chi connectivity index (χ1n) is 7.88. The van der Waals surface area contributed by atoms with Crippen molar-refractivity contribution in [2.24, 2.45) is 0 Å². The Kier molecular flexibility index (Phi) is 3.46. The van der Waals surface area contributed by atoms with E-state index in [2.05, 4.69) is 42.6 Å². The number of ether oxygens (including phenoxy) is 1. The number of nitriles is 1. The second kappa shape index (κ2) is 5.50. The number of benzene rings is 2. The van der Waals surface area contributed by atoms with Crippen molar-refractivity contribution >= 4 is 11.8 Å². The predicted octanol–water partition coefficient (Wildman–Crippen LogP) is 4.02. The Hall–Kier alpha value is -2.12. The molecule has 0 atom stereocenters. The number of rotatable bonds is 1. The fourth-order valence-corrected chi connectivity index (χ4v) is 5.26. The summed E-state index contributed by atoms with van der Waals surface area (Å²) >= 11 is 1.80. The Morgan fingerprint density at radius 1 is 1.09 bits per heavy atom. The molecule has 1 saturated heterocycles. The molecule has 1 spiro atoms. The third-order valence-electron chi connectivity index (χ3n) is 5.09. The van der Waals surface area contributed by atoms with Crippen molar-refractivity contribution in [3.63, 3.8) is 0 Å². The molecule has 23 heavy (non-hydrogen) atoms. The van der Waals surface area contributed by atoms with Crippen LogP contribution in [0.25, 0.3) is 0 Å². The molecular weight excluding hydrogens is 304 g/mol. The first-order chi connectivity index (χ1) is 11.3. The van der Waals surface area contributed by atoms with Crippen LogP contribution in [0.3, 0.4) is 0 Å². The van der Waals surface area contributed by atoms with Gasteiger partial charge in [0.15, 0.2) is 6.19 Å². The molecule has 0 aromatic heterocycles. The Balaban J connectivity index is 1.91. The molecule has 1 fully saturated rings. The summed E-state index contributed by atoms with van der Waals surface area (Å²) in [5, 5.41) is 9.20. The third kappa shape index (κ3) is 2.11. The zero-order chi connectivity index (χ0) is 15.9. The lowest BCUT2D eigenvalue weighted by Gasteiger charge is -2.45. The van der Waals surface area contributed by atoms with Crippen LogP contribution in [0.2, 0.25) is 0 Å². The molecule has 0 aliphatic carbocycles. The Morgan fingerprint density at radius 2 is 1.83 bits per heavy atom. The molecule has 3 nitrogen and oxygen atoms in total. The largest absolute Gasteiger partial charge is 0.496 e. The summed E-state index contributed by atoms with van der Waals surface area (Å²) < 4.78 is 5.62. The van der Waals surface area contributed by atoms with E-state index >= 15 is 0 Å². The molecule has 0 unspecified atom stereocenters. The number of hydrogen-bond acceptors (Lipinski definition) is 4. The summed E-state index contributed by atoms with van der Waals surface area (Å²) in [5.74, 6) is 0.948. The van der Waals surface area contributed by atoms with Crippen LogP contribution in [0.5, 0.6) is 5.75 Å². The molecule has 4 rings (SSSR count). The van der Waals surface area contributed by atoms with Gasteiger partial charge in [0.1, 0.15) is 5.75 Å². The van der Waals surface area contributed by atoms with E-state index in [9.17, 15) is 5.26 Å². The van der Waals surface area contributed by atoms with Gasteiger partial charge in [0.05, 0.1) is 12.0 Å². The highest BCUT2D eigenvalue weighted by Gasteiger charge is 2.43. The first kappa shape index (κ1) is 14.5. The SMILES string of the molecule is COc1cccc2c1Sc1ccccc1C21CCN(C#N)CC1. The summed E-state index contributed by atoms with van der Waals surface area (Å²) in [6, 6.07) is 15.1. The van der Waals surface area contributed by atoms with E-state index in [4.69, 9.17) is 4.74 Å². The molecule has 0 bridgehead atoms.